The Hall–Kier alpha value is -2.63. The average molecular weight is 257 g/mol. The average Bonchev–Trinajstić information content (AvgIpc) is 2.37. The first-order valence-electron chi connectivity index (χ1n) is 5.82. The fraction of sp³-hybridized carbons (Fsp3) is 0.154. The second-order valence-corrected chi connectivity index (χ2v) is 4.20. The molecule has 0 aliphatic heterocycles. The van der Waals surface area contributed by atoms with Crippen molar-refractivity contribution in [1.82, 2.24) is 9.97 Å². The van der Waals surface area contributed by atoms with Gasteiger partial charge in [0.15, 0.2) is 11.5 Å². The van der Waals surface area contributed by atoms with Crippen LogP contribution in [0.15, 0.2) is 30.5 Å². The lowest BCUT2D eigenvalue weighted by atomic mass is 10.1. The zero-order valence-electron chi connectivity index (χ0n) is 10.3. The number of primary amides is 1. The molecule has 98 valence electrons. The monoisotopic (exact) mass is 257 g/mol. The van der Waals surface area contributed by atoms with Crippen molar-refractivity contribution in [3.8, 4) is 0 Å². The SMILES string of the molecule is NC(=O)c1nc(CCc2cccc(N)c2)cnc1N. The maximum atomic E-state index is 11.1. The molecule has 6 heteroatoms. The first kappa shape index (κ1) is 12.8. The van der Waals surface area contributed by atoms with Gasteiger partial charge in [0.25, 0.3) is 5.91 Å². The number of anilines is 2. The van der Waals surface area contributed by atoms with Crippen molar-refractivity contribution in [2.24, 2.45) is 5.73 Å². The van der Waals surface area contributed by atoms with Crippen LogP contribution in [0.2, 0.25) is 0 Å². The number of hydrogen-bond acceptors (Lipinski definition) is 5. The highest BCUT2D eigenvalue weighted by molar-refractivity contribution is 5.94. The van der Waals surface area contributed by atoms with Crippen LogP contribution in [0.3, 0.4) is 0 Å². The minimum absolute atomic E-state index is 0.0186. The van der Waals surface area contributed by atoms with Gasteiger partial charge in [-0.2, -0.15) is 0 Å². The number of carbonyl (C=O) groups is 1. The summed E-state index contributed by atoms with van der Waals surface area (Å²) in [6, 6.07) is 7.61. The van der Waals surface area contributed by atoms with E-state index in [0.717, 1.165) is 17.7 Å². The van der Waals surface area contributed by atoms with Gasteiger partial charge in [-0.1, -0.05) is 12.1 Å². The summed E-state index contributed by atoms with van der Waals surface area (Å²) in [5.74, 6) is -0.615. The summed E-state index contributed by atoms with van der Waals surface area (Å²) in [7, 11) is 0. The van der Waals surface area contributed by atoms with Crippen molar-refractivity contribution < 1.29 is 4.79 Å². The number of nitrogens with two attached hydrogens (primary N) is 3. The Balaban J connectivity index is 2.12. The van der Waals surface area contributed by atoms with Crippen LogP contribution in [0.1, 0.15) is 21.7 Å². The summed E-state index contributed by atoms with van der Waals surface area (Å²) in [5.41, 5.74) is 18.9. The van der Waals surface area contributed by atoms with Crippen LogP contribution in [0, 0.1) is 0 Å². The van der Waals surface area contributed by atoms with Gasteiger partial charge < -0.3 is 17.2 Å². The molecular weight excluding hydrogens is 242 g/mol. The summed E-state index contributed by atoms with van der Waals surface area (Å²) in [4.78, 5) is 19.2. The van der Waals surface area contributed by atoms with Crippen molar-refractivity contribution >= 4 is 17.4 Å². The van der Waals surface area contributed by atoms with Crippen LogP contribution >= 0.6 is 0 Å². The number of aryl methyl sites for hydroxylation is 2. The Morgan fingerprint density at radius 1 is 1.21 bits per heavy atom. The van der Waals surface area contributed by atoms with E-state index in [4.69, 9.17) is 17.2 Å². The van der Waals surface area contributed by atoms with Gasteiger partial charge >= 0.3 is 0 Å². The van der Waals surface area contributed by atoms with E-state index in [1.165, 1.54) is 0 Å². The lowest BCUT2D eigenvalue weighted by Crippen LogP contribution is -2.17. The van der Waals surface area contributed by atoms with Gasteiger partial charge in [0.05, 0.1) is 11.9 Å². The lowest BCUT2D eigenvalue weighted by Gasteiger charge is -2.05. The second-order valence-electron chi connectivity index (χ2n) is 4.20. The van der Waals surface area contributed by atoms with E-state index in [-0.39, 0.29) is 11.5 Å². The molecule has 0 atom stereocenters. The smallest absolute Gasteiger partial charge is 0.271 e. The molecule has 0 fully saturated rings. The topological polar surface area (TPSA) is 121 Å². The molecule has 2 rings (SSSR count). The zero-order chi connectivity index (χ0) is 13.8. The zero-order valence-corrected chi connectivity index (χ0v) is 10.3. The molecule has 0 aliphatic rings. The standard InChI is InChI=1S/C13H15N5O/c14-9-3-1-2-8(6-9)4-5-10-7-17-12(15)11(18-10)13(16)19/h1-3,6-7H,4-5,14H2,(H2,15,17)(H2,16,19). The number of rotatable bonds is 4. The summed E-state index contributed by atoms with van der Waals surface area (Å²) < 4.78 is 0. The summed E-state index contributed by atoms with van der Waals surface area (Å²) >= 11 is 0. The molecule has 1 aromatic carbocycles. The van der Waals surface area contributed by atoms with Gasteiger partial charge in [-0.3, -0.25) is 4.79 Å². The largest absolute Gasteiger partial charge is 0.399 e. The Morgan fingerprint density at radius 2 is 2.00 bits per heavy atom. The number of amides is 1. The van der Waals surface area contributed by atoms with Crippen LogP contribution in [0.4, 0.5) is 11.5 Å². The molecular formula is C13H15N5O. The van der Waals surface area contributed by atoms with Gasteiger partial charge in [-0.15, -0.1) is 0 Å². The molecule has 0 radical (unpaired) electrons. The predicted octanol–water partition coefficient (Wildman–Crippen LogP) is 0.525. The number of aromatic nitrogens is 2. The van der Waals surface area contributed by atoms with Crippen molar-refractivity contribution in [2.75, 3.05) is 11.5 Å². The fourth-order valence-electron chi connectivity index (χ4n) is 1.76. The van der Waals surface area contributed by atoms with Crippen molar-refractivity contribution in [2.45, 2.75) is 12.8 Å². The quantitative estimate of drug-likeness (QED) is 0.689. The highest BCUT2D eigenvalue weighted by Crippen LogP contribution is 2.11. The minimum Gasteiger partial charge on any atom is -0.399 e. The van der Waals surface area contributed by atoms with Crippen LogP contribution in [-0.4, -0.2) is 15.9 Å². The predicted molar refractivity (Wildman–Crippen MR) is 73.2 cm³/mol. The fourth-order valence-corrected chi connectivity index (χ4v) is 1.76. The molecule has 0 saturated heterocycles. The van der Waals surface area contributed by atoms with Crippen LogP contribution in [0.25, 0.3) is 0 Å². The Labute approximate surface area is 110 Å². The summed E-state index contributed by atoms with van der Waals surface area (Å²) in [6.07, 6.45) is 2.94. The second kappa shape index (κ2) is 5.34. The third-order valence-corrected chi connectivity index (χ3v) is 2.70. The van der Waals surface area contributed by atoms with E-state index in [1.807, 2.05) is 24.3 Å². The van der Waals surface area contributed by atoms with Crippen LogP contribution in [0.5, 0.6) is 0 Å². The molecule has 0 saturated carbocycles. The number of carbonyl (C=O) groups excluding carboxylic acids is 1. The Bertz CT molecular complexity index is 612. The van der Waals surface area contributed by atoms with E-state index in [0.29, 0.717) is 12.1 Å². The van der Waals surface area contributed by atoms with E-state index in [2.05, 4.69) is 9.97 Å². The maximum Gasteiger partial charge on any atom is 0.271 e. The van der Waals surface area contributed by atoms with Gasteiger partial charge in [0.1, 0.15) is 0 Å². The number of hydrogen-bond donors (Lipinski definition) is 3. The molecule has 2 aromatic rings. The van der Waals surface area contributed by atoms with Crippen molar-refractivity contribution in [3.05, 3.63) is 47.4 Å². The molecule has 0 bridgehead atoms. The Kier molecular flexibility index (Phi) is 3.61. The molecule has 1 heterocycles. The van der Waals surface area contributed by atoms with E-state index < -0.39 is 5.91 Å². The molecule has 6 N–H and O–H groups in total. The van der Waals surface area contributed by atoms with E-state index in [9.17, 15) is 4.79 Å². The number of nitrogens with zero attached hydrogens (tertiary/aromatic N) is 2. The first-order valence-corrected chi connectivity index (χ1v) is 5.82. The molecule has 6 nitrogen and oxygen atoms in total. The third kappa shape index (κ3) is 3.19. The molecule has 0 unspecified atom stereocenters. The van der Waals surface area contributed by atoms with E-state index >= 15 is 0 Å². The Morgan fingerprint density at radius 3 is 2.68 bits per heavy atom. The third-order valence-electron chi connectivity index (χ3n) is 2.70. The minimum atomic E-state index is -0.671. The van der Waals surface area contributed by atoms with E-state index in [1.54, 1.807) is 6.20 Å². The van der Waals surface area contributed by atoms with Gasteiger partial charge in [0.2, 0.25) is 0 Å². The van der Waals surface area contributed by atoms with Gasteiger partial charge in [0, 0.05) is 5.69 Å². The van der Waals surface area contributed by atoms with Crippen molar-refractivity contribution in [3.63, 3.8) is 0 Å². The number of nitrogen functional groups attached to an aromatic ring is 2. The highest BCUT2D eigenvalue weighted by Gasteiger charge is 2.10. The summed E-state index contributed by atoms with van der Waals surface area (Å²) in [5, 5.41) is 0. The molecule has 1 aromatic heterocycles. The molecule has 1 amide bonds. The van der Waals surface area contributed by atoms with Crippen molar-refractivity contribution in [1.29, 1.82) is 0 Å². The maximum absolute atomic E-state index is 11.1. The molecule has 19 heavy (non-hydrogen) atoms. The van der Waals surface area contributed by atoms with Gasteiger partial charge in [-0.05, 0) is 30.5 Å². The summed E-state index contributed by atoms with van der Waals surface area (Å²) in [6.45, 7) is 0. The highest BCUT2D eigenvalue weighted by atomic mass is 16.1. The lowest BCUT2D eigenvalue weighted by molar-refractivity contribution is 0.0996. The normalized spacial score (nSPS) is 10.3. The van der Waals surface area contributed by atoms with Gasteiger partial charge in [-0.25, -0.2) is 9.97 Å². The molecule has 0 aliphatic carbocycles. The first-order chi connectivity index (χ1) is 9.06. The van der Waals surface area contributed by atoms with Crippen LogP contribution < -0.4 is 17.2 Å². The number of benzene rings is 1. The van der Waals surface area contributed by atoms with Crippen LogP contribution in [-0.2, 0) is 12.8 Å². The molecule has 0 spiro atoms.